The molecule has 4 nitrogen and oxygen atoms in total. The molecule has 20 heavy (non-hydrogen) atoms. The lowest BCUT2D eigenvalue weighted by molar-refractivity contribution is 0.618. The fourth-order valence-corrected chi connectivity index (χ4v) is 2.26. The van der Waals surface area contributed by atoms with Gasteiger partial charge in [0.2, 0.25) is 0 Å². The van der Waals surface area contributed by atoms with Gasteiger partial charge in [0.15, 0.2) is 0 Å². The predicted molar refractivity (Wildman–Crippen MR) is 73.7 cm³/mol. The van der Waals surface area contributed by atoms with Crippen molar-refractivity contribution in [3.05, 3.63) is 47.3 Å². The topological polar surface area (TPSA) is 53.6 Å². The molecule has 0 amide bonds. The van der Waals surface area contributed by atoms with E-state index < -0.39 is 0 Å². The Morgan fingerprint density at radius 1 is 1.50 bits per heavy atom. The third-order valence-corrected chi connectivity index (χ3v) is 3.62. The summed E-state index contributed by atoms with van der Waals surface area (Å²) in [5, 5.41) is 12.1. The molecule has 5 heteroatoms. The highest BCUT2D eigenvalue weighted by Gasteiger charge is 2.25. The SMILES string of the molecule is Cc1c(F)cc(C#N)cc1NCc1cncn1C1CC1. The lowest BCUT2D eigenvalue weighted by Gasteiger charge is -2.12. The van der Waals surface area contributed by atoms with Crippen LogP contribution in [0.25, 0.3) is 0 Å². The van der Waals surface area contributed by atoms with Crippen LogP contribution in [0.4, 0.5) is 10.1 Å². The molecule has 0 atom stereocenters. The number of nitriles is 1. The molecule has 2 aromatic rings. The zero-order valence-electron chi connectivity index (χ0n) is 11.2. The minimum Gasteiger partial charge on any atom is -0.379 e. The van der Waals surface area contributed by atoms with Crippen LogP contribution in [0.3, 0.4) is 0 Å². The van der Waals surface area contributed by atoms with Crippen LogP contribution in [0, 0.1) is 24.1 Å². The fraction of sp³-hybridized carbons (Fsp3) is 0.333. The molecule has 1 aromatic heterocycles. The minimum absolute atomic E-state index is 0.325. The van der Waals surface area contributed by atoms with Crippen molar-refractivity contribution in [2.45, 2.75) is 32.4 Å². The summed E-state index contributed by atoms with van der Waals surface area (Å²) in [6.07, 6.45) is 6.06. The minimum atomic E-state index is -0.359. The molecule has 0 aliphatic heterocycles. The second-order valence-corrected chi connectivity index (χ2v) is 5.12. The van der Waals surface area contributed by atoms with Gasteiger partial charge in [-0.15, -0.1) is 0 Å². The molecule has 0 radical (unpaired) electrons. The zero-order valence-corrected chi connectivity index (χ0v) is 11.2. The maximum absolute atomic E-state index is 13.7. The number of aromatic nitrogens is 2. The summed E-state index contributed by atoms with van der Waals surface area (Å²) in [5.74, 6) is -0.359. The second kappa shape index (κ2) is 4.97. The monoisotopic (exact) mass is 270 g/mol. The van der Waals surface area contributed by atoms with E-state index in [4.69, 9.17) is 5.26 Å². The fourth-order valence-electron chi connectivity index (χ4n) is 2.26. The molecule has 0 saturated heterocycles. The van der Waals surface area contributed by atoms with Gasteiger partial charge in [0, 0.05) is 23.5 Å². The van der Waals surface area contributed by atoms with Crippen LogP contribution >= 0.6 is 0 Å². The maximum Gasteiger partial charge on any atom is 0.129 e. The third-order valence-electron chi connectivity index (χ3n) is 3.62. The average molecular weight is 270 g/mol. The van der Waals surface area contributed by atoms with Crippen molar-refractivity contribution in [3.8, 4) is 6.07 Å². The van der Waals surface area contributed by atoms with Crippen LogP contribution < -0.4 is 5.32 Å². The Morgan fingerprint density at radius 3 is 3.00 bits per heavy atom. The van der Waals surface area contributed by atoms with Crippen LogP contribution in [0.2, 0.25) is 0 Å². The highest BCUT2D eigenvalue weighted by molar-refractivity contribution is 5.55. The summed E-state index contributed by atoms with van der Waals surface area (Å²) >= 11 is 0. The number of benzene rings is 1. The molecule has 0 bridgehead atoms. The van der Waals surface area contributed by atoms with Crippen molar-refractivity contribution in [1.29, 1.82) is 5.26 Å². The van der Waals surface area contributed by atoms with Crippen LogP contribution in [0.15, 0.2) is 24.7 Å². The van der Waals surface area contributed by atoms with Crippen molar-refractivity contribution >= 4 is 5.69 Å². The molecule has 1 fully saturated rings. The van der Waals surface area contributed by atoms with Gasteiger partial charge in [-0.2, -0.15) is 5.26 Å². The Labute approximate surface area is 116 Å². The van der Waals surface area contributed by atoms with E-state index in [9.17, 15) is 4.39 Å². The van der Waals surface area contributed by atoms with Gasteiger partial charge in [0.25, 0.3) is 0 Å². The summed E-state index contributed by atoms with van der Waals surface area (Å²) in [7, 11) is 0. The van der Waals surface area contributed by atoms with Crippen LogP contribution in [-0.4, -0.2) is 9.55 Å². The number of hydrogen-bond acceptors (Lipinski definition) is 3. The first-order valence-corrected chi connectivity index (χ1v) is 6.64. The first kappa shape index (κ1) is 12.7. The molecular formula is C15H15FN4. The van der Waals surface area contributed by atoms with Crippen molar-refractivity contribution in [2.24, 2.45) is 0 Å². The number of anilines is 1. The van der Waals surface area contributed by atoms with E-state index in [0.29, 0.717) is 29.4 Å². The molecular weight excluding hydrogens is 255 g/mol. The van der Waals surface area contributed by atoms with Gasteiger partial charge in [0.1, 0.15) is 5.82 Å². The van der Waals surface area contributed by atoms with Gasteiger partial charge < -0.3 is 9.88 Å². The van der Waals surface area contributed by atoms with Gasteiger partial charge in [-0.25, -0.2) is 9.37 Å². The van der Waals surface area contributed by atoms with Crippen molar-refractivity contribution < 1.29 is 4.39 Å². The molecule has 0 unspecified atom stereocenters. The van der Waals surface area contributed by atoms with Gasteiger partial charge in [0.05, 0.1) is 30.2 Å². The van der Waals surface area contributed by atoms with E-state index in [1.807, 2.05) is 18.6 Å². The summed E-state index contributed by atoms with van der Waals surface area (Å²) in [5.41, 5.74) is 2.59. The van der Waals surface area contributed by atoms with E-state index in [1.54, 1.807) is 13.0 Å². The largest absolute Gasteiger partial charge is 0.379 e. The highest BCUT2D eigenvalue weighted by atomic mass is 19.1. The average Bonchev–Trinajstić information content (AvgIpc) is 3.19. The van der Waals surface area contributed by atoms with E-state index in [2.05, 4.69) is 14.9 Å². The van der Waals surface area contributed by atoms with Gasteiger partial charge in [-0.05, 0) is 31.9 Å². The molecule has 1 heterocycles. The van der Waals surface area contributed by atoms with E-state index in [-0.39, 0.29) is 5.82 Å². The van der Waals surface area contributed by atoms with Crippen molar-refractivity contribution in [2.75, 3.05) is 5.32 Å². The lowest BCUT2D eigenvalue weighted by Crippen LogP contribution is -2.07. The number of halogens is 1. The Hall–Kier alpha value is -2.35. The summed E-state index contributed by atoms with van der Waals surface area (Å²) in [6, 6.07) is 5.47. The number of nitrogens with zero attached hydrogens (tertiary/aromatic N) is 3. The normalized spacial score (nSPS) is 14.1. The summed E-state index contributed by atoms with van der Waals surface area (Å²) in [4.78, 5) is 4.17. The zero-order chi connectivity index (χ0) is 14.1. The number of imidazole rings is 1. The number of hydrogen-bond donors (Lipinski definition) is 1. The van der Waals surface area contributed by atoms with Crippen molar-refractivity contribution in [3.63, 3.8) is 0 Å². The second-order valence-electron chi connectivity index (χ2n) is 5.12. The number of rotatable bonds is 4. The Balaban J connectivity index is 1.79. The lowest BCUT2D eigenvalue weighted by atomic mass is 10.1. The molecule has 1 aromatic carbocycles. The Kier molecular flexibility index (Phi) is 3.15. The molecule has 1 saturated carbocycles. The molecule has 1 aliphatic carbocycles. The van der Waals surface area contributed by atoms with Crippen LogP contribution in [0.1, 0.15) is 35.7 Å². The van der Waals surface area contributed by atoms with Crippen LogP contribution in [0.5, 0.6) is 0 Å². The summed E-state index contributed by atoms with van der Waals surface area (Å²) in [6.45, 7) is 2.28. The predicted octanol–water partition coefficient (Wildman–Crippen LogP) is 3.15. The van der Waals surface area contributed by atoms with Gasteiger partial charge in [-0.3, -0.25) is 0 Å². The first-order valence-electron chi connectivity index (χ1n) is 6.64. The summed E-state index contributed by atoms with van der Waals surface area (Å²) < 4.78 is 15.9. The molecule has 1 aliphatic rings. The Bertz CT molecular complexity index is 680. The maximum atomic E-state index is 13.7. The molecule has 3 rings (SSSR count). The van der Waals surface area contributed by atoms with Crippen molar-refractivity contribution in [1.82, 2.24) is 9.55 Å². The molecule has 0 spiro atoms. The van der Waals surface area contributed by atoms with E-state index in [1.165, 1.54) is 18.9 Å². The highest BCUT2D eigenvalue weighted by Crippen LogP contribution is 2.35. The Morgan fingerprint density at radius 2 is 2.30 bits per heavy atom. The smallest absolute Gasteiger partial charge is 0.129 e. The molecule has 1 N–H and O–H groups in total. The van der Waals surface area contributed by atoms with Crippen LogP contribution in [-0.2, 0) is 6.54 Å². The van der Waals surface area contributed by atoms with Gasteiger partial charge in [-0.1, -0.05) is 0 Å². The standard InChI is InChI=1S/C15H15FN4/c1-10-14(16)4-11(6-17)5-15(10)19-8-13-7-18-9-20(13)12-2-3-12/h4-5,7,9,12,19H,2-3,8H2,1H3. The van der Waals surface area contributed by atoms with E-state index in [0.717, 1.165) is 5.69 Å². The third kappa shape index (κ3) is 2.37. The number of nitrogens with one attached hydrogen (secondary N) is 1. The van der Waals surface area contributed by atoms with Gasteiger partial charge >= 0.3 is 0 Å². The van der Waals surface area contributed by atoms with E-state index >= 15 is 0 Å². The quantitative estimate of drug-likeness (QED) is 0.928. The first-order chi connectivity index (χ1) is 9.69. The molecule has 102 valence electrons.